The van der Waals surface area contributed by atoms with Crippen LogP contribution in [0, 0.1) is 32.2 Å². The Morgan fingerprint density at radius 2 is 2.05 bits per heavy atom. The van der Waals surface area contributed by atoms with Gasteiger partial charge in [-0.05, 0) is 71.4 Å². The average molecular weight is 383 g/mol. The predicted molar refractivity (Wildman–Crippen MR) is 89.5 cm³/mol. The normalized spacial score (nSPS) is 26.9. The van der Waals surface area contributed by atoms with Gasteiger partial charge in [0.25, 0.3) is 0 Å². The second-order valence-corrected chi connectivity index (χ2v) is 7.97. The lowest BCUT2D eigenvalue weighted by Crippen LogP contribution is -2.37. The minimum absolute atomic E-state index is 0.0199. The lowest BCUT2D eigenvalue weighted by atomic mass is 9.69. The Morgan fingerprint density at radius 3 is 2.65 bits per heavy atom. The molecule has 3 heteroatoms. The van der Waals surface area contributed by atoms with Crippen molar-refractivity contribution >= 4 is 22.6 Å². The molecule has 1 aliphatic carbocycles. The Balaban J connectivity index is 2.12. The van der Waals surface area contributed by atoms with Gasteiger partial charge in [0.1, 0.15) is 11.9 Å². The van der Waals surface area contributed by atoms with Crippen molar-refractivity contribution in [2.45, 2.75) is 46.1 Å². The molecule has 108 valence electrons. The number of ether oxygens (including phenoxy) is 1. The van der Waals surface area contributed by atoms with E-state index in [0.29, 0.717) is 5.92 Å². The van der Waals surface area contributed by atoms with E-state index in [1.54, 1.807) is 0 Å². The first kappa shape index (κ1) is 15.6. The molecule has 2 nitrogen and oxygen atoms in total. The average Bonchev–Trinajstić information content (AvgIpc) is 2.37. The minimum Gasteiger partial charge on any atom is -0.489 e. The van der Waals surface area contributed by atoms with Gasteiger partial charge in [-0.2, -0.15) is 5.26 Å². The lowest BCUT2D eigenvalue weighted by molar-refractivity contribution is 0.0493. The molecule has 0 spiro atoms. The Morgan fingerprint density at radius 1 is 1.30 bits per heavy atom. The Hall–Kier alpha value is -0.760. The van der Waals surface area contributed by atoms with Crippen LogP contribution in [0.25, 0.3) is 0 Å². The zero-order valence-electron chi connectivity index (χ0n) is 12.4. The molecule has 1 fully saturated rings. The van der Waals surface area contributed by atoms with Crippen LogP contribution in [0.5, 0.6) is 5.75 Å². The molecular formula is C17H22INO. The van der Waals surface area contributed by atoms with Crippen LogP contribution in [-0.2, 0) is 0 Å². The van der Waals surface area contributed by atoms with E-state index in [2.05, 4.69) is 49.4 Å². The molecule has 1 aromatic rings. The highest BCUT2D eigenvalue weighted by Gasteiger charge is 2.37. The van der Waals surface area contributed by atoms with Gasteiger partial charge in [0.2, 0.25) is 0 Å². The molecule has 0 saturated heterocycles. The third kappa shape index (κ3) is 3.88. The molecule has 20 heavy (non-hydrogen) atoms. The van der Waals surface area contributed by atoms with Crippen LogP contribution >= 0.6 is 22.6 Å². The van der Waals surface area contributed by atoms with E-state index in [1.807, 2.05) is 24.3 Å². The van der Waals surface area contributed by atoms with E-state index in [4.69, 9.17) is 4.74 Å². The number of hydrogen-bond acceptors (Lipinski definition) is 2. The van der Waals surface area contributed by atoms with Crippen molar-refractivity contribution in [1.82, 2.24) is 0 Å². The third-order valence-corrected chi connectivity index (χ3v) is 4.94. The van der Waals surface area contributed by atoms with E-state index in [9.17, 15) is 5.26 Å². The summed E-state index contributed by atoms with van der Waals surface area (Å²) in [6.07, 6.45) is 3.09. The Bertz CT molecular complexity index is 500. The fourth-order valence-corrected chi connectivity index (χ4v) is 3.42. The summed E-state index contributed by atoms with van der Waals surface area (Å²) in [6, 6.07) is 10.5. The van der Waals surface area contributed by atoms with Gasteiger partial charge in [0, 0.05) is 3.57 Å². The number of benzene rings is 1. The van der Waals surface area contributed by atoms with Crippen LogP contribution in [0.1, 0.15) is 40.0 Å². The maximum Gasteiger partial charge on any atom is 0.120 e. The van der Waals surface area contributed by atoms with Crippen molar-refractivity contribution in [1.29, 1.82) is 5.26 Å². The molecule has 0 heterocycles. The highest BCUT2D eigenvalue weighted by atomic mass is 127. The van der Waals surface area contributed by atoms with Crippen LogP contribution in [0.3, 0.4) is 0 Å². The first-order chi connectivity index (χ1) is 9.40. The molecule has 1 saturated carbocycles. The lowest BCUT2D eigenvalue weighted by Gasteiger charge is -2.39. The van der Waals surface area contributed by atoms with Crippen LogP contribution in [0.2, 0.25) is 0 Å². The summed E-state index contributed by atoms with van der Waals surface area (Å²) in [4.78, 5) is 0. The number of halogens is 1. The number of hydrogen-bond donors (Lipinski definition) is 0. The van der Waals surface area contributed by atoms with E-state index >= 15 is 0 Å². The molecule has 1 aromatic carbocycles. The summed E-state index contributed by atoms with van der Waals surface area (Å²) in [7, 11) is 0. The first-order valence-corrected chi connectivity index (χ1v) is 8.30. The molecule has 0 aromatic heterocycles. The second kappa shape index (κ2) is 6.34. The van der Waals surface area contributed by atoms with Gasteiger partial charge in [-0.25, -0.2) is 0 Å². The van der Waals surface area contributed by atoms with Gasteiger partial charge in [0.15, 0.2) is 0 Å². The quantitative estimate of drug-likeness (QED) is 0.672. The van der Waals surface area contributed by atoms with Gasteiger partial charge in [0.05, 0.1) is 12.0 Å². The van der Waals surface area contributed by atoms with Crippen LogP contribution in [0.15, 0.2) is 24.3 Å². The molecule has 2 rings (SSSR count). The maximum absolute atomic E-state index is 9.35. The summed E-state index contributed by atoms with van der Waals surface area (Å²) in [5, 5.41) is 9.35. The molecule has 0 aliphatic heterocycles. The first-order valence-electron chi connectivity index (χ1n) is 7.22. The summed E-state index contributed by atoms with van der Waals surface area (Å²) in [5.74, 6) is 1.53. The van der Waals surface area contributed by atoms with Crippen molar-refractivity contribution < 1.29 is 4.74 Å². The van der Waals surface area contributed by atoms with Crippen LogP contribution in [0.4, 0.5) is 0 Å². The second-order valence-electron chi connectivity index (χ2n) is 6.73. The smallest absolute Gasteiger partial charge is 0.120 e. The minimum atomic E-state index is 0.0199. The zero-order valence-corrected chi connectivity index (χ0v) is 14.6. The number of nitrogens with zero attached hydrogens (tertiary/aromatic N) is 1. The van der Waals surface area contributed by atoms with Crippen molar-refractivity contribution in [3.05, 3.63) is 27.8 Å². The maximum atomic E-state index is 9.35. The topological polar surface area (TPSA) is 33.0 Å². The molecule has 0 bridgehead atoms. The predicted octanol–water partition coefficient (Wildman–Crippen LogP) is 5.02. The van der Waals surface area contributed by atoms with E-state index in [-0.39, 0.29) is 17.4 Å². The van der Waals surface area contributed by atoms with E-state index < -0.39 is 0 Å². The summed E-state index contributed by atoms with van der Waals surface area (Å²) >= 11 is 2.29. The largest absolute Gasteiger partial charge is 0.489 e. The summed E-state index contributed by atoms with van der Waals surface area (Å²) in [6.45, 7) is 6.85. The van der Waals surface area contributed by atoms with Crippen molar-refractivity contribution in [3.63, 3.8) is 0 Å². The van der Waals surface area contributed by atoms with Crippen LogP contribution < -0.4 is 4.74 Å². The molecule has 0 N–H and O–H groups in total. The Kier molecular flexibility index (Phi) is 4.95. The third-order valence-electron chi connectivity index (χ3n) is 4.27. The summed E-state index contributed by atoms with van der Waals surface area (Å²) < 4.78 is 7.30. The number of rotatable bonds is 2. The van der Waals surface area contributed by atoms with Gasteiger partial charge >= 0.3 is 0 Å². The highest BCUT2D eigenvalue weighted by Crippen LogP contribution is 2.41. The van der Waals surface area contributed by atoms with E-state index in [0.717, 1.165) is 28.6 Å². The molecule has 0 radical (unpaired) electrons. The van der Waals surface area contributed by atoms with Crippen molar-refractivity contribution in [2.24, 2.45) is 17.3 Å². The molecule has 3 unspecified atom stereocenters. The molecule has 0 amide bonds. The van der Waals surface area contributed by atoms with Crippen molar-refractivity contribution in [3.8, 4) is 11.8 Å². The van der Waals surface area contributed by atoms with Gasteiger partial charge in [-0.15, -0.1) is 0 Å². The summed E-state index contributed by atoms with van der Waals surface area (Å²) in [5.41, 5.74) is 0.285. The standard InChI is InChI=1S/C17H22INO/c1-17(2,3)13-8-7-12(11-19)16(9-13)20-15-6-4-5-14(18)10-15/h4-6,10,12-13,16H,7-9H2,1-3H3. The zero-order chi connectivity index (χ0) is 14.8. The highest BCUT2D eigenvalue weighted by molar-refractivity contribution is 14.1. The monoisotopic (exact) mass is 383 g/mol. The molecular weight excluding hydrogens is 361 g/mol. The number of nitriles is 1. The SMILES string of the molecule is CC(C)(C)C1CCC(C#N)C(Oc2cccc(I)c2)C1. The fraction of sp³-hybridized carbons (Fsp3) is 0.588. The van der Waals surface area contributed by atoms with E-state index in [1.165, 1.54) is 0 Å². The fourth-order valence-electron chi connectivity index (χ4n) is 2.91. The molecule has 3 atom stereocenters. The molecule has 1 aliphatic rings. The Labute approximate surface area is 135 Å². The van der Waals surface area contributed by atoms with Crippen molar-refractivity contribution in [2.75, 3.05) is 0 Å². The van der Waals surface area contributed by atoms with Gasteiger partial charge in [-0.3, -0.25) is 0 Å². The van der Waals surface area contributed by atoms with Crippen LogP contribution in [-0.4, -0.2) is 6.10 Å². The van der Waals surface area contributed by atoms with Gasteiger partial charge < -0.3 is 4.74 Å². The van der Waals surface area contributed by atoms with Gasteiger partial charge in [-0.1, -0.05) is 26.8 Å².